The molecule has 154 valence electrons. The van der Waals surface area contributed by atoms with Gasteiger partial charge in [-0.2, -0.15) is 0 Å². The van der Waals surface area contributed by atoms with E-state index in [1.807, 2.05) is 49.5 Å². The van der Waals surface area contributed by atoms with Crippen LogP contribution >= 0.6 is 0 Å². The first kappa shape index (κ1) is 17.8. The van der Waals surface area contributed by atoms with E-state index in [4.69, 9.17) is 0 Å². The largest absolute Gasteiger partial charge is 0.346 e. The van der Waals surface area contributed by atoms with Gasteiger partial charge < -0.3 is 14.5 Å². The van der Waals surface area contributed by atoms with Crippen LogP contribution in [0.3, 0.4) is 0 Å². The van der Waals surface area contributed by atoms with Gasteiger partial charge in [-0.1, -0.05) is 11.3 Å². The lowest BCUT2D eigenvalue weighted by Crippen LogP contribution is -2.38. The minimum absolute atomic E-state index is 0.0280. The summed E-state index contributed by atoms with van der Waals surface area (Å²) in [4.78, 5) is 27.3. The average molecular weight is 412 g/mol. The highest BCUT2D eigenvalue weighted by Crippen LogP contribution is 2.30. The lowest BCUT2D eigenvalue weighted by molar-refractivity contribution is 0.0707. The first-order valence-corrected chi connectivity index (χ1v) is 10.2. The maximum atomic E-state index is 13.2. The van der Waals surface area contributed by atoms with Crippen LogP contribution in [0.2, 0.25) is 0 Å². The van der Waals surface area contributed by atoms with E-state index in [1.54, 1.807) is 10.9 Å². The summed E-state index contributed by atoms with van der Waals surface area (Å²) in [7, 11) is 1.87. The van der Waals surface area contributed by atoms with Crippen LogP contribution in [0, 0.1) is 6.92 Å². The zero-order chi connectivity index (χ0) is 21.1. The van der Waals surface area contributed by atoms with E-state index >= 15 is 0 Å². The minimum Gasteiger partial charge on any atom is -0.346 e. The van der Waals surface area contributed by atoms with Crippen molar-refractivity contribution >= 4 is 28.0 Å². The molecule has 9 nitrogen and oxygen atoms in total. The molecule has 0 fully saturated rings. The summed E-state index contributed by atoms with van der Waals surface area (Å²) in [6.07, 6.45) is 5.61. The summed E-state index contributed by atoms with van der Waals surface area (Å²) in [6, 6.07) is 7.95. The van der Waals surface area contributed by atoms with Crippen LogP contribution < -0.4 is 0 Å². The summed E-state index contributed by atoms with van der Waals surface area (Å²) in [6.45, 7) is 3.89. The zero-order valence-electron chi connectivity index (χ0n) is 17.2. The second kappa shape index (κ2) is 6.49. The Labute approximate surface area is 177 Å². The molecule has 6 rings (SSSR count). The van der Waals surface area contributed by atoms with E-state index in [0.717, 1.165) is 51.3 Å². The van der Waals surface area contributed by atoms with Gasteiger partial charge in [-0.3, -0.25) is 4.79 Å². The van der Waals surface area contributed by atoms with Crippen molar-refractivity contribution in [1.29, 1.82) is 0 Å². The van der Waals surface area contributed by atoms with Crippen molar-refractivity contribution < 1.29 is 4.79 Å². The highest BCUT2D eigenvalue weighted by Gasteiger charge is 2.24. The Morgan fingerprint density at radius 3 is 3.00 bits per heavy atom. The van der Waals surface area contributed by atoms with Crippen LogP contribution in [0.25, 0.3) is 33.2 Å². The monoisotopic (exact) mass is 412 g/mol. The molecule has 1 aromatic carbocycles. The third kappa shape index (κ3) is 2.81. The van der Waals surface area contributed by atoms with Crippen molar-refractivity contribution in [2.24, 2.45) is 7.05 Å². The Hall–Kier alpha value is -4.01. The fourth-order valence-electron chi connectivity index (χ4n) is 4.31. The topological polar surface area (TPSA) is 97.5 Å². The molecule has 0 radical (unpaired) electrons. The number of carbonyl (C=O) groups excluding carboxylic acids is 1. The summed E-state index contributed by atoms with van der Waals surface area (Å²) < 4.78 is 3.87. The molecule has 4 aromatic heterocycles. The van der Waals surface area contributed by atoms with E-state index in [2.05, 4.69) is 35.9 Å². The Morgan fingerprint density at radius 2 is 2.10 bits per heavy atom. The maximum Gasteiger partial charge on any atom is 0.255 e. The molecule has 0 saturated carbocycles. The number of H-pyrrole nitrogens is 1. The fourth-order valence-corrected chi connectivity index (χ4v) is 4.31. The molecule has 0 unspecified atom stereocenters. The standard InChI is InChI=1S/C22H20N8O/c1-13-11-29-5-6-30(12-20(29)25-13)22(31)15-7-16-17(10-24-21(16)23-9-15)14-3-4-18-19(8-14)28(2)27-26-18/h3-4,7-11H,5-6,12H2,1-2H3,(H,23,24). The predicted molar refractivity (Wildman–Crippen MR) is 115 cm³/mol. The molecule has 0 saturated heterocycles. The molecule has 0 atom stereocenters. The van der Waals surface area contributed by atoms with Crippen LogP contribution in [0.15, 0.2) is 42.9 Å². The number of fused-ring (bicyclic) bond motifs is 3. The number of pyridine rings is 1. The summed E-state index contributed by atoms with van der Waals surface area (Å²) in [5, 5.41) is 9.13. The van der Waals surface area contributed by atoms with Gasteiger partial charge in [0.1, 0.15) is 17.0 Å². The van der Waals surface area contributed by atoms with Gasteiger partial charge in [-0.05, 0) is 30.7 Å². The van der Waals surface area contributed by atoms with Gasteiger partial charge in [0, 0.05) is 49.7 Å². The zero-order valence-corrected chi connectivity index (χ0v) is 17.2. The third-order valence-electron chi connectivity index (χ3n) is 5.91. The van der Waals surface area contributed by atoms with Crippen LogP contribution in [0.4, 0.5) is 0 Å². The van der Waals surface area contributed by atoms with Gasteiger partial charge in [-0.25, -0.2) is 14.6 Å². The van der Waals surface area contributed by atoms with E-state index in [0.29, 0.717) is 18.7 Å². The SMILES string of the molecule is Cc1cn2c(n1)CN(C(=O)c1cnc3[nH]cc(-c4ccc5nnn(C)c5c4)c3c1)CC2. The van der Waals surface area contributed by atoms with Gasteiger partial charge in [0.25, 0.3) is 5.91 Å². The number of hydrogen-bond donors (Lipinski definition) is 1. The third-order valence-corrected chi connectivity index (χ3v) is 5.91. The number of carbonyl (C=O) groups is 1. The Morgan fingerprint density at radius 1 is 1.19 bits per heavy atom. The maximum absolute atomic E-state index is 13.2. The van der Waals surface area contributed by atoms with Gasteiger partial charge in [0.05, 0.1) is 23.3 Å². The highest BCUT2D eigenvalue weighted by atomic mass is 16.2. The number of aromatic amines is 1. The lowest BCUT2D eigenvalue weighted by Gasteiger charge is -2.27. The molecule has 0 bridgehead atoms. The summed E-state index contributed by atoms with van der Waals surface area (Å²) in [5.74, 6) is 0.895. The van der Waals surface area contributed by atoms with E-state index in [-0.39, 0.29) is 5.91 Å². The molecule has 5 aromatic rings. The number of imidazole rings is 1. The first-order valence-electron chi connectivity index (χ1n) is 10.2. The van der Waals surface area contributed by atoms with Gasteiger partial charge in [0.2, 0.25) is 0 Å². The van der Waals surface area contributed by atoms with Crippen molar-refractivity contribution in [2.45, 2.75) is 20.0 Å². The van der Waals surface area contributed by atoms with Crippen molar-refractivity contribution in [1.82, 2.24) is 39.4 Å². The quantitative estimate of drug-likeness (QED) is 0.481. The molecule has 5 heterocycles. The normalized spacial score (nSPS) is 13.8. The fraction of sp³-hybridized carbons (Fsp3) is 0.227. The Bertz CT molecular complexity index is 1470. The molecule has 31 heavy (non-hydrogen) atoms. The molecule has 0 spiro atoms. The smallest absolute Gasteiger partial charge is 0.255 e. The minimum atomic E-state index is -0.0280. The Kier molecular flexibility index (Phi) is 3.73. The van der Waals surface area contributed by atoms with Gasteiger partial charge in [0.15, 0.2) is 0 Å². The molecule has 1 amide bonds. The number of nitrogens with one attached hydrogen (secondary N) is 1. The van der Waals surface area contributed by atoms with Crippen LogP contribution in [-0.2, 0) is 20.1 Å². The predicted octanol–water partition coefficient (Wildman–Crippen LogP) is 2.67. The van der Waals surface area contributed by atoms with Crippen LogP contribution in [-0.4, -0.2) is 51.9 Å². The number of amides is 1. The van der Waals surface area contributed by atoms with Crippen molar-refractivity contribution in [3.05, 3.63) is 59.9 Å². The van der Waals surface area contributed by atoms with Crippen molar-refractivity contribution in [3.63, 3.8) is 0 Å². The number of hydrogen-bond acceptors (Lipinski definition) is 5. The Balaban J connectivity index is 1.37. The van der Waals surface area contributed by atoms with E-state index in [9.17, 15) is 4.79 Å². The summed E-state index contributed by atoms with van der Waals surface area (Å²) in [5.41, 5.74) is 6.11. The average Bonchev–Trinajstić information content (AvgIpc) is 3.47. The van der Waals surface area contributed by atoms with Gasteiger partial charge in [-0.15, -0.1) is 5.10 Å². The van der Waals surface area contributed by atoms with Crippen molar-refractivity contribution in [3.8, 4) is 11.1 Å². The number of aromatic nitrogens is 7. The number of nitrogens with zero attached hydrogens (tertiary/aromatic N) is 7. The number of rotatable bonds is 2. The molecule has 0 aliphatic carbocycles. The van der Waals surface area contributed by atoms with E-state index < -0.39 is 0 Å². The first-order chi connectivity index (χ1) is 15.1. The van der Waals surface area contributed by atoms with Crippen LogP contribution in [0.5, 0.6) is 0 Å². The second-order valence-corrected chi connectivity index (χ2v) is 7.96. The van der Waals surface area contributed by atoms with Crippen molar-refractivity contribution in [2.75, 3.05) is 6.54 Å². The molecule has 1 aliphatic heterocycles. The van der Waals surface area contributed by atoms with Gasteiger partial charge >= 0.3 is 0 Å². The summed E-state index contributed by atoms with van der Waals surface area (Å²) >= 11 is 0. The molecule has 1 N–H and O–H groups in total. The molecular weight excluding hydrogens is 392 g/mol. The highest BCUT2D eigenvalue weighted by molar-refractivity contribution is 6.01. The lowest BCUT2D eigenvalue weighted by atomic mass is 10.0. The molecule has 1 aliphatic rings. The molecular formula is C22H20N8O. The number of aryl methyl sites for hydroxylation is 2. The van der Waals surface area contributed by atoms with Crippen LogP contribution in [0.1, 0.15) is 21.9 Å². The number of benzene rings is 1. The van der Waals surface area contributed by atoms with E-state index in [1.165, 1.54) is 0 Å². The second-order valence-electron chi connectivity index (χ2n) is 7.96. The molecule has 9 heteroatoms.